The average molecular weight is 230 g/mol. The highest BCUT2D eigenvalue weighted by Gasteiger charge is 2.25. The minimum absolute atomic E-state index is 0.182. The van der Waals surface area contributed by atoms with Crippen molar-refractivity contribution in [3.8, 4) is 0 Å². The Morgan fingerprint density at radius 2 is 2.19 bits per heavy atom. The van der Waals surface area contributed by atoms with E-state index in [1.54, 1.807) is 7.11 Å². The summed E-state index contributed by atoms with van der Waals surface area (Å²) >= 11 is 0. The standard InChI is InChI=1S/C11H22N2O3/c1-10-12-9-11(14)13(10)5-3-4-6-16-8-7-15-2/h10,12H,3-9H2,1-2H3. The Morgan fingerprint density at radius 1 is 1.38 bits per heavy atom. The van der Waals surface area contributed by atoms with Crippen LogP contribution in [0.25, 0.3) is 0 Å². The average Bonchev–Trinajstić information content (AvgIpc) is 2.59. The molecule has 1 amide bonds. The van der Waals surface area contributed by atoms with Gasteiger partial charge in [-0.05, 0) is 19.8 Å². The third kappa shape index (κ3) is 4.47. The summed E-state index contributed by atoms with van der Waals surface area (Å²) in [6, 6.07) is 0. The zero-order chi connectivity index (χ0) is 11.8. The molecule has 1 rings (SSSR count). The highest BCUT2D eigenvalue weighted by atomic mass is 16.5. The fourth-order valence-electron chi connectivity index (χ4n) is 1.71. The Hall–Kier alpha value is -0.650. The van der Waals surface area contributed by atoms with Crippen molar-refractivity contribution < 1.29 is 14.3 Å². The predicted molar refractivity (Wildman–Crippen MR) is 61.1 cm³/mol. The van der Waals surface area contributed by atoms with Crippen LogP contribution in [-0.4, -0.2) is 57.0 Å². The van der Waals surface area contributed by atoms with Gasteiger partial charge in [0.2, 0.25) is 5.91 Å². The van der Waals surface area contributed by atoms with Crippen molar-refractivity contribution >= 4 is 5.91 Å². The van der Waals surface area contributed by atoms with Crippen molar-refractivity contribution in [3.63, 3.8) is 0 Å². The molecule has 5 heteroatoms. The Balaban J connectivity index is 1.96. The van der Waals surface area contributed by atoms with Crippen molar-refractivity contribution in [1.82, 2.24) is 10.2 Å². The van der Waals surface area contributed by atoms with Crippen molar-refractivity contribution in [1.29, 1.82) is 0 Å². The number of hydrogen-bond donors (Lipinski definition) is 1. The van der Waals surface area contributed by atoms with Crippen LogP contribution in [0.2, 0.25) is 0 Å². The Bertz CT molecular complexity index is 211. The van der Waals surface area contributed by atoms with Gasteiger partial charge in [-0.15, -0.1) is 0 Å². The Morgan fingerprint density at radius 3 is 2.81 bits per heavy atom. The molecule has 1 unspecified atom stereocenters. The van der Waals surface area contributed by atoms with Gasteiger partial charge in [-0.2, -0.15) is 0 Å². The summed E-state index contributed by atoms with van der Waals surface area (Å²) < 4.78 is 10.2. The Labute approximate surface area is 97.1 Å². The van der Waals surface area contributed by atoms with E-state index in [0.717, 1.165) is 26.0 Å². The summed E-state index contributed by atoms with van der Waals surface area (Å²) in [4.78, 5) is 13.3. The number of ether oxygens (including phenoxy) is 2. The van der Waals surface area contributed by atoms with Crippen LogP contribution in [0.5, 0.6) is 0 Å². The molecule has 1 N–H and O–H groups in total. The lowest BCUT2D eigenvalue weighted by atomic mass is 10.3. The molecule has 16 heavy (non-hydrogen) atoms. The molecule has 94 valence electrons. The number of methoxy groups -OCH3 is 1. The molecule has 1 heterocycles. The molecule has 1 aliphatic rings. The quantitative estimate of drug-likeness (QED) is 0.606. The molecule has 0 aromatic carbocycles. The van der Waals surface area contributed by atoms with Crippen LogP contribution < -0.4 is 5.32 Å². The van der Waals surface area contributed by atoms with Crippen LogP contribution in [0.1, 0.15) is 19.8 Å². The first-order chi connectivity index (χ1) is 7.75. The molecule has 5 nitrogen and oxygen atoms in total. The second kappa shape index (κ2) is 7.60. The number of amides is 1. The Kier molecular flexibility index (Phi) is 6.37. The largest absolute Gasteiger partial charge is 0.382 e. The number of rotatable bonds is 8. The summed E-state index contributed by atoms with van der Waals surface area (Å²) in [7, 11) is 1.66. The molecular weight excluding hydrogens is 208 g/mol. The fraction of sp³-hybridized carbons (Fsp3) is 0.909. The lowest BCUT2D eigenvalue weighted by molar-refractivity contribution is -0.127. The molecule has 0 bridgehead atoms. The minimum atomic E-state index is 0.182. The lowest BCUT2D eigenvalue weighted by Gasteiger charge is -2.20. The van der Waals surface area contributed by atoms with Crippen molar-refractivity contribution in [3.05, 3.63) is 0 Å². The lowest BCUT2D eigenvalue weighted by Crippen LogP contribution is -2.35. The van der Waals surface area contributed by atoms with Crippen molar-refractivity contribution in [2.45, 2.75) is 25.9 Å². The molecule has 1 atom stereocenters. The van der Waals surface area contributed by atoms with Crippen molar-refractivity contribution in [2.24, 2.45) is 0 Å². The van der Waals surface area contributed by atoms with E-state index in [0.29, 0.717) is 19.8 Å². The molecular formula is C11H22N2O3. The summed E-state index contributed by atoms with van der Waals surface area (Å²) in [6.45, 7) is 5.35. The van der Waals surface area contributed by atoms with E-state index >= 15 is 0 Å². The van der Waals surface area contributed by atoms with Gasteiger partial charge >= 0.3 is 0 Å². The maximum absolute atomic E-state index is 11.4. The molecule has 1 fully saturated rings. The summed E-state index contributed by atoms with van der Waals surface area (Å²) in [5.41, 5.74) is 0. The van der Waals surface area contributed by atoms with E-state index in [1.807, 2.05) is 11.8 Å². The maximum atomic E-state index is 11.4. The van der Waals surface area contributed by atoms with Crippen LogP contribution in [0.4, 0.5) is 0 Å². The van der Waals surface area contributed by atoms with E-state index in [2.05, 4.69) is 5.32 Å². The van der Waals surface area contributed by atoms with E-state index in [9.17, 15) is 4.79 Å². The predicted octanol–water partition coefficient (Wildman–Crippen LogP) is 0.207. The number of nitrogens with one attached hydrogen (secondary N) is 1. The van der Waals surface area contributed by atoms with Gasteiger partial charge in [0.05, 0.1) is 25.9 Å². The summed E-state index contributed by atoms with van der Waals surface area (Å²) in [5.74, 6) is 0.202. The number of carbonyl (C=O) groups excluding carboxylic acids is 1. The maximum Gasteiger partial charge on any atom is 0.237 e. The minimum Gasteiger partial charge on any atom is -0.382 e. The first-order valence-corrected chi connectivity index (χ1v) is 5.85. The topological polar surface area (TPSA) is 50.8 Å². The zero-order valence-electron chi connectivity index (χ0n) is 10.2. The summed E-state index contributed by atoms with van der Waals surface area (Å²) in [5, 5.41) is 3.12. The van der Waals surface area contributed by atoms with Gasteiger partial charge in [-0.3, -0.25) is 10.1 Å². The monoisotopic (exact) mass is 230 g/mol. The highest BCUT2D eigenvalue weighted by molar-refractivity contribution is 5.80. The number of hydrogen-bond acceptors (Lipinski definition) is 4. The van der Waals surface area contributed by atoms with Crippen LogP contribution in [0.3, 0.4) is 0 Å². The second-order valence-electron chi connectivity index (χ2n) is 3.96. The van der Waals surface area contributed by atoms with Gasteiger partial charge in [-0.1, -0.05) is 0 Å². The fourth-order valence-corrected chi connectivity index (χ4v) is 1.71. The first kappa shape index (κ1) is 13.4. The smallest absolute Gasteiger partial charge is 0.237 e. The normalized spacial score (nSPS) is 20.8. The van der Waals surface area contributed by atoms with E-state index in [4.69, 9.17) is 9.47 Å². The number of carbonyl (C=O) groups is 1. The third-order valence-corrected chi connectivity index (χ3v) is 2.71. The highest BCUT2D eigenvalue weighted by Crippen LogP contribution is 2.06. The van der Waals surface area contributed by atoms with E-state index < -0.39 is 0 Å². The van der Waals surface area contributed by atoms with Gasteiger partial charge in [-0.25, -0.2) is 0 Å². The van der Waals surface area contributed by atoms with Crippen LogP contribution in [-0.2, 0) is 14.3 Å². The number of nitrogens with zero attached hydrogens (tertiary/aromatic N) is 1. The van der Waals surface area contributed by atoms with Gasteiger partial charge in [0.15, 0.2) is 0 Å². The molecule has 0 radical (unpaired) electrons. The molecule has 1 saturated heterocycles. The van der Waals surface area contributed by atoms with Crippen molar-refractivity contribution in [2.75, 3.05) is 40.0 Å². The van der Waals surface area contributed by atoms with E-state index in [-0.39, 0.29) is 12.1 Å². The molecule has 0 aromatic rings. The zero-order valence-corrected chi connectivity index (χ0v) is 10.2. The second-order valence-corrected chi connectivity index (χ2v) is 3.96. The summed E-state index contributed by atoms with van der Waals surface area (Å²) in [6.07, 6.45) is 2.16. The van der Waals surface area contributed by atoms with Gasteiger partial charge in [0, 0.05) is 20.3 Å². The van der Waals surface area contributed by atoms with E-state index in [1.165, 1.54) is 0 Å². The first-order valence-electron chi connectivity index (χ1n) is 5.85. The van der Waals surface area contributed by atoms with Crippen LogP contribution in [0, 0.1) is 0 Å². The molecule has 0 saturated carbocycles. The molecule has 0 aromatic heterocycles. The van der Waals surface area contributed by atoms with Crippen LogP contribution >= 0.6 is 0 Å². The number of unbranched alkanes of at least 4 members (excludes halogenated alkanes) is 1. The molecule has 1 aliphatic heterocycles. The van der Waals surface area contributed by atoms with Crippen LogP contribution in [0.15, 0.2) is 0 Å². The molecule has 0 aliphatic carbocycles. The van der Waals surface area contributed by atoms with Gasteiger partial charge < -0.3 is 14.4 Å². The van der Waals surface area contributed by atoms with Gasteiger partial charge in [0.25, 0.3) is 0 Å². The molecule has 0 spiro atoms. The SMILES string of the molecule is COCCOCCCCN1C(=O)CNC1C. The van der Waals surface area contributed by atoms with Gasteiger partial charge in [0.1, 0.15) is 0 Å². The third-order valence-electron chi connectivity index (χ3n) is 2.71.